The molecule has 0 bridgehead atoms. The molecule has 1 saturated carbocycles. The van der Waals surface area contributed by atoms with E-state index in [0.29, 0.717) is 23.9 Å². The maximum atomic E-state index is 9.66. The third-order valence-electron chi connectivity index (χ3n) is 5.57. The Morgan fingerprint density at radius 2 is 2.04 bits per heavy atom. The smallest absolute Gasteiger partial charge is 0.223 e. The highest BCUT2D eigenvalue weighted by Gasteiger charge is 2.26. The lowest BCUT2D eigenvalue weighted by molar-refractivity contribution is 0.126. The van der Waals surface area contributed by atoms with Crippen LogP contribution in [-0.2, 0) is 0 Å². The summed E-state index contributed by atoms with van der Waals surface area (Å²) in [5, 5.41) is 21.2. The van der Waals surface area contributed by atoms with E-state index in [1.54, 1.807) is 6.20 Å². The van der Waals surface area contributed by atoms with Crippen LogP contribution in [0.3, 0.4) is 0 Å². The van der Waals surface area contributed by atoms with Crippen LogP contribution < -0.4 is 10.6 Å². The van der Waals surface area contributed by atoms with Crippen molar-refractivity contribution in [1.82, 2.24) is 19.7 Å². The Morgan fingerprint density at radius 1 is 1.23 bits per heavy atom. The predicted molar refractivity (Wildman–Crippen MR) is 102 cm³/mol. The van der Waals surface area contributed by atoms with Crippen LogP contribution in [0.5, 0.6) is 0 Å². The second kappa shape index (κ2) is 7.23. The van der Waals surface area contributed by atoms with Gasteiger partial charge in [-0.25, -0.2) is 14.6 Å². The molecule has 2 aliphatic rings. The van der Waals surface area contributed by atoms with Gasteiger partial charge >= 0.3 is 0 Å². The third-order valence-corrected chi connectivity index (χ3v) is 5.57. The molecule has 2 aromatic heterocycles. The molecule has 0 saturated heterocycles. The molecule has 0 aromatic carbocycles. The highest BCUT2D eigenvalue weighted by Crippen LogP contribution is 2.35. The van der Waals surface area contributed by atoms with Gasteiger partial charge < -0.3 is 15.7 Å². The van der Waals surface area contributed by atoms with Gasteiger partial charge in [0.25, 0.3) is 0 Å². The minimum absolute atomic E-state index is 0.153. The molecule has 1 fully saturated rings. The molecule has 2 aromatic rings. The fourth-order valence-electron chi connectivity index (χ4n) is 4.03. The van der Waals surface area contributed by atoms with E-state index in [4.69, 9.17) is 4.98 Å². The number of rotatable bonds is 4. The number of aliphatic hydroxyl groups excluding tert-OH is 1. The summed E-state index contributed by atoms with van der Waals surface area (Å²) in [7, 11) is 0. The highest BCUT2D eigenvalue weighted by molar-refractivity contribution is 5.73. The van der Waals surface area contributed by atoms with Crippen molar-refractivity contribution in [2.24, 2.45) is 5.92 Å². The van der Waals surface area contributed by atoms with E-state index >= 15 is 0 Å². The second-order valence-electron chi connectivity index (χ2n) is 7.79. The van der Waals surface area contributed by atoms with Gasteiger partial charge in [0, 0.05) is 18.8 Å². The van der Waals surface area contributed by atoms with E-state index in [-0.39, 0.29) is 6.10 Å². The van der Waals surface area contributed by atoms with Crippen molar-refractivity contribution in [3.05, 3.63) is 18.5 Å². The van der Waals surface area contributed by atoms with E-state index in [9.17, 15) is 5.11 Å². The van der Waals surface area contributed by atoms with E-state index in [0.717, 1.165) is 55.7 Å². The first kappa shape index (κ1) is 17.3. The molecule has 7 nitrogen and oxygen atoms in total. The normalized spacial score (nSPS) is 25.6. The Bertz CT molecular complexity index is 750. The van der Waals surface area contributed by atoms with Crippen LogP contribution >= 0.6 is 0 Å². The summed E-state index contributed by atoms with van der Waals surface area (Å²) in [5.41, 5.74) is 1.91. The SMILES string of the molecule is CC(C)C1CCNc2c(-c3ccnc(NC4CCC(O)CC4)n3)cnn21. The third kappa shape index (κ3) is 3.40. The number of aromatic nitrogens is 4. The van der Waals surface area contributed by atoms with Crippen molar-refractivity contribution in [1.29, 1.82) is 0 Å². The molecule has 0 amide bonds. The van der Waals surface area contributed by atoms with Gasteiger partial charge in [0.05, 0.1) is 29.6 Å². The molecule has 1 unspecified atom stereocenters. The first-order valence-electron chi connectivity index (χ1n) is 9.71. The minimum Gasteiger partial charge on any atom is -0.393 e. The number of anilines is 2. The largest absolute Gasteiger partial charge is 0.393 e. The van der Waals surface area contributed by atoms with Crippen molar-refractivity contribution in [2.75, 3.05) is 17.2 Å². The van der Waals surface area contributed by atoms with Gasteiger partial charge in [-0.2, -0.15) is 5.10 Å². The van der Waals surface area contributed by atoms with Crippen molar-refractivity contribution in [3.63, 3.8) is 0 Å². The van der Waals surface area contributed by atoms with E-state index in [2.05, 4.69) is 39.2 Å². The van der Waals surface area contributed by atoms with Gasteiger partial charge in [-0.05, 0) is 44.1 Å². The summed E-state index contributed by atoms with van der Waals surface area (Å²) in [6.45, 7) is 5.45. The molecular formula is C19H28N6O. The van der Waals surface area contributed by atoms with Crippen LogP contribution in [0.25, 0.3) is 11.3 Å². The van der Waals surface area contributed by atoms with Crippen LogP contribution in [0.15, 0.2) is 18.5 Å². The van der Waals surface area contributed by atoms with Crippen molar-refractivity contribution < 1.29 is 5.11 Å². The Balaban J connectivity index is 1.56. The summed E-state index contributed by atoms with van der Waals surface area (Å²) >= 11 is 0. The Labute approximate surface area is 154 Å². The first-order valence-corrected chi connectivity index (χ1v) is 9.71. The lowest BCUT2D eigenvalue weighted by Crippen LogP contribution is -2.29. The standard InChI is InChI=1S/C19H28N6O/c1-12(2)17-8-10-20-18-15(11-22-25(17)18)16-7-9-21-19(24-16)23-13-3-5-14(26)6-4-13/h7,9,11-14,17,20,26H,3-6,8,10H2,1-2H3,(H,21,23,24). The van der Waals surface area contributed by atoms with Crippen LogP contribution in [0.4, 0.5) is 11.8 Å². The van der Waals surface area contributed by atoms with Gasteiger partial charge in [-0.3, -0.25) is 0 Å². The molecule has 1 atom stereocenters. The van der Waals surface area contributed by atoms with Crippen LogP contribution in [-0.4, -0.2) is 43.5 Å². The lowest BCUT2D eigenvalue weighted by Gasteiger charge is -2.29. The van der Waals surface area contributed by atoms with Crippen LogP contribution in [0.1, 0.15) is 52.0 Å². The molecule has 1 aliphatic heterocycles. The average molecular weight is 356 g/mol. The fourth-order valence-corrected chi connectivity index (χ4v) is 4.03. The Hall–Kier alpha value is -2.15. The summed E-state index contributed by atoms with van der Waals surface area (Å²) in [6.07, 6.45) is 8.24. The number of hydrogen-bond donors (Lipinski definition) is 3. The highest BCUT2D eigenvalue weighted by atomic mass is 16.3. The van der Waals surface area contributed by atoms with Crippen molar-refractivity contribution >= 4 is 11.8 Å². The Kier molecular flexibility index (Phi) is 4.80. The Morgan fingerprint density at radius 3 is 2.81 bits per heavy atom. The topological polar surface area (TPSA) is 87.9 Å². The van der Waals surface area contributed by atoms with Crippen molar-refractivity contribution in [2.45, 2.75) is 64.1 Å². The molecule has 140 valence electrons. The van der Waals surface area contributed by atoms with Gasteiger partial charge in [0.15, 0.2) is 0 Å². The molecular weight excluding hydrogens is 328 g/mol. The van der Waals surface area contributed by atoms with Gasteiger partial charge in [0.1, 0.15) is 5.82 Å². The molecule has 3 heterocycles. The quantitative estimate of drug-likeness (QED) is 0.780. The molecule has 7 heteroatoms. The molecule has 26 heavy (non-hydrogen) atoms. The number of hydrogen-bond acceptors (Lipinski definition) is 6. The predicted octanol–water partition coefficient (Wildman–Crippen LogP) is 3.07. The number of nitrogens with one attached hydrogen (secondary N) is 2. The molecule has 0 spiro atoms. The zero-order valence-electron chi connectivity index (χ0n) is 15.5. The minimum atomic E-state index is -0.153. The van der Waals surface area contributed by atoms with Gasteiger partial charge in [-0.1, -0.05) is 13.8 Å². The zero-order chi connectivity index (χ0) is 18.1. The number of aliphatic hydroxyl groups is 1. The van der Waals surface area contributed by atoms with Crippen LogP contribution in [0.2, 0.25) is 0 Å². The van der Waals surface area contributed by atoms with E-state index in [1.165, 1.54) is 0 Å². The average Bonchev–Trinajstić information content (AvgIpc) is 3.08. The monoisotopic (exact) mass is 356 g/mol. The fraction of sp³-hybridized carbons (Fsp3) is 0.632. The molecule has 3 N–H and O–H groups in total. The number of fused-ring (bicyclic) bond motifs is 1. The number of nitrogens with zero attached hydrogens (tertiary/aromatic N) is 4. The molecule has 4 rings (SSSR count). The van der Waals surface area contributed by atoms with Crippen LogP contribution in [0, 0.1) is 5.92 Å². The van der Waals surface area contributed by atoms with E-state index < -0.39 is 0 Å². The maximum Gasteiger partial charge on any atom is 0.223 e. The molecule has 1 aliphatic carbocycles. The van der Waals surface area contributed by atoms with Crippen molar-refractivity contribution in [3.8, 4) is 11.3 Å². The first-order chi connectivity index (χ1) is 12.6. The zero-order valence-corrected chi connectivity index (χ0v) is 15.5. The molecule has 0 radical (unpaired) electrons. The maximum absolute atomic E-state index is 9.66. The lowest BCUT2D eigenvalue weighted by atomic mass is 9.93. The van der Waals surface area contributed by atoms with Gasteiger partial charge in [0.2, 0.25) is 5.95 Å². The summed E-state index contributed by atoms with van der Waals surface area (Å²) in [4.78, 5) is 9.11. The second-order valence-corrected chi connectivity index (χ2v) is 7.79. The summed E-state index contributed by atoms with van der Waals surface area (Å²) in [6, 6.07) is 2.69. The van der Waals surface area contributed by atoms with E-state index in [1.807, 2.05) is 12.3 Å². The summed E-state index contributed by atoms with van der Waals surface area (Å²) in [5.74, 6) is 2.26. The summed E-state index contributed by atoms with van der Waals surface area (Å²) < 4.78 is 2.11. The van der Waals surface area contributed by atoms with Gasteiger partial charge in [-0.15, -0.1) is 0 Å².